The molecule has 0 radical (unpaired) electrons. The van der Waals surface area contributed by atoms with E-state index < -0.39 is 0 Å². The lowest BCUT2D eigenvalue weighted by molar-refractivity contribution is -0.115. The van der Waals surface area contributed by atoms with Gasteiger partial charge in [0, 0.05) is 17.1 Å². The molecule has 2 aromatic carbocycles. The summed E-state index contributed by atoms with van der Waals surface area (Å²) in [4.78, 5) is 28.8. The minimum Gasteiger partial charge on any atom is -0.494 e. The molecule has 0 saturated carbocycles. The molecule has 0 unspecified atom stereocenters. The molecule has 2 N–H and O–H groups in total. The molecule has 0 atom stereocenters. The Bertz CT molecular complexity index is 949. The Balaban J connectivity index is 1.53. The highest BCUT2D eigenvalue weighted by Gasteiger charge is 2.10. The zero-order valence-corrected chi connectivity index (χ0v) is 15.8. The van der Waals surface area contributed by atoms with Crippen LogP contribution in [0, 0.1) is 0 Å². The van der Waals surface area contributed by atoms with Crippen LogP contribution < -0.4 is 15.4 Å². The highest BCUT2D eigenvalue weighted by molar-refractivity contribution is 6.03. The van der Waals surface area contributed by atoms with Crippen LogP contribution in [0.4, 0.5) is 5.69 Å². The molecule has 1 heterocycles. The summed E-state index contributed by atoms with van der Waals surface area (Å²) < 4.78 is 5.58. The highest BCUT2D eigenvalue weighted by Crippen LogP contribution is 2.20. The predicted octanol–water partition coefficient (Wildman–Crippen LogP) is 3.78. The van der Waals surface area contributed by atoms with E-state index in [-0.39, 0.29) is 18.4 Å². The molecule has 0 spiro atoms. The van der Waals surface area contributed by atoms with Gasteiger partial charge in [0.05, 0.1) is 24.4 Å². The zero-order valence-electron chi connectivity index (χ0n) is 15.8. The molecule has 6 heteroatoms. The van der Waals surface area contributed by atoms with E-state index in [9.17, 15) is 9.59 Å². The van der Waals surface area contributed by atoms with Gasteiger partial charge < -0.3 is 15.4 Å². The molecule has 144 valence electrons. The molecule has 0 fully saturated rings. The van der Waals surface area contributed by atoms with Gasteiger partial charge >= 0.3 is 0 Å². The van der Waals surface area contributed by atoms with E-state index in [0.717, 1.165) is 24.0 Å². The van der Waals surface area contributed by atoms with Crippen LogP contribution in [0.1, 0.15) is 30.1 Å². The number of ether oxygens (including phenoxy) is 1. The lowest BCUT2D eigenvalue weighted by atomic mass is 10.2. The molecule has 1 aromatic heterocycles. The summed E-state index contributed by atoms with van der Waals surface area (Å²) in [6.07, 6.45) is 3.73. The maximum Gasteiger partial charge on any atom is 0.251 e. The molecule has 0 saturated heterocycles. The van der Waals surface area contributed by atoms with E-state index in [2.05, 4.69) is 22.5 Å². The van der Waals surface area contributed by atoms with Crippen molar-refractivity contribution in [3.8, 4) is 5.75 Å². The fourth-order valence-electron chi connectivity index (χ4n) is 2.70. The summed E-state index contributed by atoms with van der Waals surface area (Å²) in [6, 6.07) is 16.2. The van der Waals surface area contributed by atoms with Crippen LogP contribution in [-0.4, -0.2) is 29.9 Å². The molecule has 3 rings (SSSR count). The Labute approximate surface area is 163 Å². The minimum absolute atomic E-state index is 0.128. The number of benzene rings is 2. The van der Waals surface area contributed by atoms with Gasteiger partial charge in [0.25, 0.3) is 5.91 Å². The standard InChI is InChI=1S/C22H23N3O3/c1-2-3-14-28-18-11-9-17(10-12-18)22(27)24-15-20(26)25-19-8-4-6-16-7-5-13-23-21(16)19/h4-13H,2-3,14-15H2,1H3,(H,24,27)(H,25,26). The number of aromatic nitrogens is 1. The third kappa shape index (κ3) is 5.07. The lowest BCUT2D eigenvalue weighted by Crippen LogP contribution is -2.32. The highest BCUT2D eigenvalue weighted by atomic mass is 16.5. The first-order valence-electron chi connectivity index (χ1n) is 9.32. The Morgan fingerprint density at radius 1 is 1.04 bits per heavy atom. The van der Waals surface area contributed by atoms with Crippen LogP contribution >= 0.6 is 0 Å². The topological polar surface area (TPSA) is 80.3 Å². The van der Waals surface area contributed by atoms with Gasteiger partial charge in [0.15, 0.2) is 0 Å². The molecule has 0 aliphatic carbocycles. The number of carbonyl (C=O) groups excluding carboxylic acids is 2. The van der Waals surface area contributed by atoms with E-state index in [1.807, 2.05) is 24.3 Å². The number of unbranched alkanes of at least 4 members (excludes halogenated alkanes) is 1. The van der Waals surface area contributed by atoms with Crippen LogP contribution in [0.2, 0.25) is 0 Å². The SMILES string of the molecule is CCCCOc1ccc(C(=O)NCC(=O)Nc2cccc3cccnc23)cc1. The van der Waals surface area contributed by atoms with Crippen molar-refractivity contribution in [2.45, 2.75) is 19.8 Å². The van der Waals surface area contributed by atoms with Gasteiger partial charge in [0.2, 0.25) is 5.91 Å². The summed E-state index contributed by atoms with van der Waals surface area (Å²) in [7, 11) is 0. The molecule has 6 nitrogen and oxygen atoms in total. The Hall–Kier alpha value is -3.41. The molecular formula is C22H23N3O3. The number of pyridine rings is 1. The van der Waals surface area contributed by atoms with Crippen LogP contribution in [0.25, 0.3) is 10.9 Å². The number of carbonyl (C=O) groups is 2. The summed E-state index contributed by atoms with van der Waals surface area (Å²) in [6.45, 7) is 2.63. The number of nitrogens with zero attached hydrogens (tertiary/aromatic N) is 1. The van der Waals surface area contributed by atoms with Gasteiger partial charge in [-0.15, -0.1) is 0 Å². The maximum absolute atomic E-state index is 12.2. The van der Waals surface area contributed by atoms with Crippen LogP contribution in [-0.2, 0) is 4.79 Å². The van der Waals surface area contributed by atoms with E-state index in [4.69, 9.17) is 4.74 Å². The van der Waals surface area contributed by atoms with Gasteiger partial charge in [-0.3, -0.25) is 14.6 Å². The fourth-order valence-corrected chi connectivity index (χ4v) is 2.70. The third-order valence-electron chi connectivity index (χ3n) is 4.20. The number of fused-ring (bicyclic) bond motifs is 1. The number of rotatable bonds is 8. The first-order valence-corrected chi connectivity index (χ1v) is 9.32. The van der Waals surface area contributed by atoms with E-state index in [1.54, 1.807) is 36.5 Å². The van der Waals surface area contributed by atoms with Crippen molar-refractivity contribution in [1.82, 2.24) is 10.3 Å². The van der Waals surface area contributed by atoms with E-state index in [1.165, 1.54) is 0 Å². The average Bonchev–Trinajstić information content (AvgIpc) is 2.73. The smallest absolute Gasteiger partial charge is 0.251 e. The monoisotopic (exact) mass is 377 g/mol. The van der Waals surface area contributed by atoms with Gasteiger partial charge in [-0.25, -0.2) is 0 Å². The van der Waals surface area contributed by atoms with Gasteiger partial charge in [-0.05, 0) is 42.8 Å². The molecule has 2 amide bonds. The van der Waals surface area contributed by atoms with E-state index >= 15 is 0 Å². The zero-order chi connectivity index (χ0) is 19.8. The first-order chi connectivity index (χ1) is 13.7. The van der Waals surface area contributed by atoms with Crippen LogP contribution in [0.15, 0.2) is 60.8 Å². The third-order valence-corrected chi connectivity index (χ3v) is 4.20. The second-order valence-electron chi connectivity index (χ2n) is 6.34. The summed E-state index contributed by atoms with van der Waals surface area (Å²) in [5.74, 6) is 0.100. The van der Waals surface area contributed by atoms with Gasteiger partial charge in [0.1, 0.15) is 5.75 Å². The summed E-state index contributed by atoms with van der Waals surface area (Å²) in [5, 5.41) is 6.36. The average molecular weight is 377 g/mol. The summed E-state index contributed by atoms with van der Waals surface area (Å²) >= 11 is 0. The molecular weight excluding hydrogens is 354 g/mol. The second-order valence-corrected chi connectivity index (χ2v) is 6.34. The normalized spacial score (nSPS) is 10.5. The number of hydrogen-bond acceptors (Lipinski definition) is 4. The van der Waals surface area contributed by atoms with Gasteiger partial charge in [-0.1, -0.05) is 31.5 Å². The lowest BCUT2D eigenvalue weighted by Gasteiger charge is -2.09. The molecule has 3 aromatic rings. The van der Waals surface area contributed by atoms with Crippen molar-refractivity contribution in [2.24, 2.45) is 0 Å². The molecule has 0 aliphatic heterocycles. The fraction of sp³-hybridized carbons (Fsp3) is 0.227. The first kappa shape index (κ1) is 19.4. The molecule has 28 heavy (non-hydrogen) atoms. The van der Waals surface area contributed by atoms with Crippen molar-refractivity contribution in [3.63, 3.8) is 0 Å². The number of para-hydroxylation sites is 1. The quantitative estimate of drug-likeness (QED) is 0.586. The van der Waals surface area contributed by atoms with Crippen molar-refractivity contribution in [1.29, 1.82) is 0 Å². The van der Waals surface area contributed by atoms with Crippen molar-refractivity contribution in [3.05, 3.63) is 66.4 Å². The minimum atomic E-state index is -0.314. The van der Waals surface area contributed by atoms with Gasteiger partial charge in [-0.2, -0.15) is 0 Å². The van der Waals surface area contributed by atoms with Crippen LogP contribution in [0.3, 0.4) is 0 Å². The largest absolute Gasteiger partial charge is 0.494 e. The Kier molecular flexibility index (Phi) is 6.57. The van der Waals surface area contributed by atoms with Crippen molar-refractivity contribution >= 4 is 28.4 Å². The van der Waals surface area contributed by atoms with Crippen LogP contribution in [0.5, 0.6) is 5.75 Å². The second kappa shape index (κ2) is 9.50. The summed E-state index contributed by atoms with van der Waals surface area (Å²) in [5.41, 5.74) is 1.80. The number of anilines is 1. The Morgan fingerprint density at radius 2 is 1.82 bits per heavy atom. The predicted molar refractivity (Wildman–Crippen MR) is 110 cm³/mol. The maximum atomic E-state index is 12.2. The molecule has 0 aliphatic rings. The number of amides is 2. The number of nitrogens with one attached hydrogen (secondary N) is 2. The van der Waals surface area contributed by atoms with Crippen molar-refractivity contribution < 1.29 is 14.3 Å². The molecule has 0 bridgehead atoms. The number of hydrogen-bond donors (Lipinski definition) is 2. The van der Waals surface area contributed by atoms with Crippen molar-refractivity contribution in [2.75, 3.05) is 18.5 Å². The Morgan fingerprint density at radius 3 is 2.61 bits per heavy atom. The van der Waals surface area contributed by atoms with E-state index in [0.29, 0.717) is 23.4 Å².